The summed E-state index contributed by atoms with van der Waals surface area (Å²) in [5.41, 5.74) is 2.62. The number of aliphatic hydroxyl groups excluding tert-OH is 1. The second-order valence-electron chi connectivity index (χ2n) is 8.04. The minimum absolute atomic E-state index is 0.396. The molecule has 0 fully saturated rings. The van der Waals surface area contributed by atoms with E-state index in [2.05, 4.69) is 86.6 Å². The largest absolute Gasteiger partial charge is 0.389 e. The Hall–Kier alpha value is -2.68. The zero-order chi connectivity index (χ0) is 21.2. The van der Waals surface area contributed by atoms with Crippen LogP contribution in [0.3, 0.4) is 0 Å². The summed E-state index contributed by atoms with van der Waals surface area (Å²) < 4.78 is 6.72. The Bertz CT molecular complexity index is 789. The molecule has 0 aromatic heterocycles. The molecule has 1 atom stereocenters. The van der Waals surface area contributed by atoms with E-state index in [-0.39, 0.29) is 0 Å². The van der Waals surface area contributed by atoms with Gasteiger partial charge in [-0.05, 0) is 35.4 Å². The summed E-state index contributed by atoms with van der Waals surface area (Å²) in [4.78, 5) is 0. The van der Waals surface area contributed by atoms with Gasteiger partial charge in [0.05, 0.1) is 12.7 Å². The van der Waals surface area contributed by atoms with Crippen LogP contribution in [0.2, 0.25) is 0 Å². The summed E-state index contributed by atoms with van der Waals surface area (Å²) in [7, 11) is 0. The zero-order valence-electron chi connectivity index (χ0n) is 17.9. The Kier molecular flexibility index (Phi) is 8.01. The second-order valence-corrected chi connectivity index (χ2v) is 8.04. The fourth-order valence-electron chi connectivity index (χ4n) is 3.86. The van der Waals surface area contributed by atoms with Crippen LogP contribution >= 0.6 is 0 Å². The Labute approximate surface area is 180 Å². The number of aliphatic hydroxyl groups is 1. The summed E-state index contributed by atoms with van der Waals surface area (Å²) in [6.45, 7) is 4.78. The Balaban J connectivity index is 1.91. The van der Waals surface area contributed by atoms with Gasteiger partial charge in [-0.15, -0.1) is 0 Å². The van der Waals surface area contributed by atoms with Gasteiger partial charge in [-0.25, -0.2) is 0 Å². The molecule has 30 heavy (non-hydrogen) atoms. The van der Waals surface area contributed by atoms with Crippen molar-refractivity contribution in [2.24, 2.45) is 5.92 Å². The van der Waals surface area contributed by atoms with Crippen molar-refractivity contribution < 1.29 is 9.84 Å². The van der Waals surface area contributed by atoms with E-state index in [0.717, 1.165) is 29.5 Å². The molecule has 0 aliphatic carbocycles. The Morgan fingerprint density at radius 2 is 1.20 bits per heavy atom. The first-order valence-electron chi connectivity index (χ1n) is 10.8. The third-order valence-corrected chi connectivity index (χ3v) is 5.22. The topological polar surface area (TPSA) is 29.5 Å². The molecule has 3 aromatic rings. The predicted octanol–water partition coefficient (Wildman–Crippen LogP) is 6.35. The second kappa shape index (κ2) is 10.9. The van der Waals surface area contributed by atoms with Crippen molar-refractivity contribution in [2.45, 2.75) is 38.4 Å². The van der Waals surface area contributed by atoms with Crippen LogP contribution in [0.1, 0.15) is 43.4 Å². The van der Waals surface area contributed by atoms with Crippen LogP contribution in [0.5, 0.6) is 0 Å². The number of benzene rings is 3. The summed E-state index contributed by atoms with van der Waals surface area (Å²) >= 11 is 0. The van der Waals surface area contributed by atoms with Crippen molar-refractivity contribution in [3.8, 4) is 0 Å². The number of rotatable bonds is 10. The van der Waals surface area contributed by atoms with Crippen LogP contribution in [-0.4, -0.2) is 17.8 Å². The monoisotopic (exact) mass is 400 g/mol. The van der Waals surface area contributed by atoms with E-state index < -0.39 is 11.7 Å². The van der Waals surface area contributed by atoms with E-state index in [9.17, 15) is 5.11 Å². The van der Waals surface area contributed by atoms with Gasteiger partial charge in [-0.1, -0.05) is 117 Å². The van der Waals surface area contributed by atoms with E-state index in [1.165, 1.54) is 0 Å². The van der Waals surface area contributed by atoms with Crippen LogP contribution < -0.4 is 0 Å². The molecule has 0 saturated carbocycles. The highest BCUT2D eigenvalue weighted by Crippen LogP contribution is 2.40. The molecule has 0 saturated heterocycles. The maximum absolute atomic E-state index is 10.1. The van der Waals surface area contributed by atoms with E-state index in [4.69, 9.17) is 4.74 Å². The van der Waals surface area contributed by atoms with Crippen molar-refractivity contribution >= 4 is 0 Å². The van der Waals surface area contributed by atoms with Gasteiger partial charge in [0.15, 0.2) is 0 Å². The minimum Gasteiger partial charge on any atom is -0.389 e. The van der Waals surface area contributed by atoms with Crippen LogP contribution in [0, 0.1) is 5.92 Å². The van der Waals surface area contributed by atoms with Crippen molar-refractivity contribution in [1.82, 2.24) is 0 Å². The Morgan fingerprint density at radius 1 is 0.767 bits per heavy atom. The molecule has 0 amide bonds. The third kappa shape index (κ3) is 5.47. The highest BCUT2D eigenvalue weighted by molar-refractivity contribution is 5.47. The zero-order valence-corrected chi connectivity index (χ0v) is 17.9. The first kappa shape index (κ1) is 22.0. The first-order valence-corrected chi connectivity index (χ1v) is 10.8. The Morgan fingerprint density at radius 3 is 1.60 bits per heavy atom. The molecule has 3 rings (SSSR count). The molecule has 0 radical (unpaired) electrons. The lowest BCUT2D eigenvalue weighted by molar-refractivity contribution is 0.0156. The maximum Gasteiger partial charge on any atom is 0.143 e. The molecule has 156 valence electrons. The summed E-state index contributed by atoms with van der Waals surface area (Å²) in [6.07, 6.45) is 5.03. The average molecular weight is 401 g/mol. The van der Waals surface area contributed by atoms with Gasteiger partial charge >= 0.3 is 0 Å². The first-order chi connectivity index (χ1) is 14.6. The standard InChI is InChI=1S/C28H32O2/c1-23(2)22-27(29)20-12-13-21-30-28(24-14-6-3-7-15-24,25-16-8-4-9-17-25)26-18-10-5-11-19-26/h3-12,14-20,23,27,29H,13,21-22H2,1-2H3/b20-12+/t27-/m0/s1. The number of hydrogen-bond donors (Lipinski definition) is 1. The van der Waals surface area contributed by atoms with Crippen molar-refractivity contribution in [3.63, 3.8) is 0 Å². The molecule has 0 unspecified atom stereocenters. The molecule has 2 heteroatoms. The fourth-order valence-corrected chi connectivity index (χ4v) is 3.86. The van der Waals surface area contributed by atoms with Gasteiger partial charge in [0.2, 0.25) is 0 Å². The van der Waals surface area contributed by atoms with Gasteiger partial charge in [0.1, 0.15) is 5.60 Å². The summed E-state index contributed by atoms with van der Waals surface area (Å²) in [6, 6.07) is 31.2. The third-order valence-electron chi connectivity index (χ3n) is 5.22. The highest BCUT2D eigenvalue weighted by Gasteiger charge is 2.37. The van der Waals surface area contributed by atoms with Gasteiger partial charge in [-0.2, -0.15) is 0 Å². The molecule has 2 nitrogen and oxygen atoms in total. The van der Waals surface area contributed by atoms with Crippen molar-refractivity contribution in [2.75, 3.05) is 6.61 Å². The lowest BCUT2D eigenvalue weighted by Crippen LogP contribution is -2.33. The highest BCUT2D eigenvalue weighted by atomic mass is 16.5. The maximum atomic E-state index is 10.1. The minimum atomic E-state index is -0.686. The molecule has 3 aromatic carbocycles. The molecule has 0 aliphatic heterocycles. The van der Waals surface area contributed by atoms with Gasteiger partial charge < -0.3 is 9.84 Å². The fraction of sp³-hybridized carbons (Fsp3) is 0.286. The quantitative estimate of drug-likeness (QED) is 0.244. The van der Waals surface area contributed by atoms with E-state index in [1.54, 1.807) is 0 Å². The summed E-state index contributed by atoms with van der Waals surface area (Å²) in [5.74, 6) is 0.475. The van der Waals surface area contributed by atoms with Crippen molar-refractivity contribution in [3.05, 3.63) is 120 Å². The SMILES string of the molecule is CC(C)C[C@@H](O)/C=C/CCOC(c1ccccc1)(c1ccccc1)c1ccccc1. The smallest absolute Gasteiger partial charge is 0.143 e. The molecular weight excluding hydrogens is 368 g/mol. The van der Waals surface area contributed by atoms with Gasteiger partial charge in [0, 0.05) is 0 Å². The van der Waals surface area contributed by atoms with Crippen LogP contribution in [-0.2, 0) is 10.3 Å². The van der Waals surface area contributed by atoms with Crippen molar-refractivity contribution in [1.29, 1.82) is 0 Å². The molecule has 0 aliphatic rings. The number of hydrogen-bond acceptors (Lipinski definition) is 2. The van der Waals surface area contributed by atoms with Crippen LogP contribution in [0.4, 0.5) is 0 Å². The number of ether oxygens (including phenoxy) is 1. The molecule has 1 N–H and O–H groups in total. The summed E-state index contributed by atoms with van der Waals surface area (Å²) in [5, 5.41) is 10.1. The van der Waals surface area contributed by atoms with Crippen LogP contribution in [0.15, 0.2) is 103 Å². The molecule has 0 spiro atoms. The lowest BCUT2D eigenvalue weighted by atomic mass is 9.80. The van der Waals surface area contributed by atoms with Crippen LogP contribution in [0.25, 0.3) is 0 Å². The molecule has 0 heterocycles. The van der Waals surface area contributed by atoms with Gasteiger partial charge in [-0.3, -0.25) is 0 Å². The average Bonchev–Trinajstić information content (AvgIpc) is 2.78. The van der Waals surface area contributed by atoms with E-state index >= 15 is 0 Å². The van der Waals surface area contributed by atoms with E-state index in [0.29, 0.717) is 12.5 Å². The van der Waals surface area contributed by atoms with E-state index in [1.807, 2.05) is 30.4 Å². The van der Waals surface area contributed by atoms with Gasteiger partial charge in [0.25, 0.3) is 0 Å². The normalized spacial score (nSPS) is 13.1. The molecular formula is C28H32O2. The molecule has 0 bridgehead atoms. The lowest BCUT2D eigenvalue weighted by Gasteiger charge is -2.36. The predicted molar refractivity (Wildman–Crippen MR) is 124 cm³/mol.